The number of hydrogen-bond acceptors (Lipinski definition) is 9. The molecule has 1 aromatic heterocycles. The number of rotatable bonds is 9. The topological polar surface area (TPSA) is 151 Å². The van der Waals surface area contributed by atoms with Crippen LogP contribution < -0.4 is 10.6 Å². The normalized spacial score (nSPS) is 13.5. The highest BCUT2D eigenvalue weighted by atomic mass is 32.2. The molecule has 0 fully saturated rings. The molecule has 0 bridgehead atoms. The summed E-state index contributed by atoms with van der Waals surface area (Å²) in [5.41, 5.74) is 1.46. The zero-order valence-electron chi connectivity index (χ0n) is 25.1. The lowest BCUT2D eigenvalue weighted by Crippen LogP contribution is -2.39. The van der Waals surface area contributed by atoms with E-state index in [-0.39, 0.29) is 12.1 Å². The maximum absolute atomic E-state index is 13.9. The molecule has 1 atom stereocenters. The van der Waals surface area contributed by atoms with Crippen molar-refractivity contribution in [3.63, 3.8) is 0 Å². The van der Waals surface area contributed by atoms with Crippen LogP contribution in [0.5, 0.6) is 0 Å². The Labute approximate surface area is 268 Å². The van der Waals surface area contributed by atoms with Crippen LogP contribution >= 0.6 is 23.1 Å². The van der Waals surface area contributed by atoms with Gasteiger partial charge in [-0.2, -0.15) is 0 Å². The number of carbonyl (C=O) groups is 5. The van der Waals surface area contributed by atoms with Crippen molar-refractivity contribution < 1.29 is 38.6 Å². The fourth-order valence-electron chi connectivity index (χ4n) is 4.48. The second kappa shape index (κ2) is 14.4. The molecule has 0 spiro atoms. The smallest absolute Gasteiger partial charge is 0.410 e. The molecule has 3 amide bonds. The van der Waals surface area contributed by atoms with Crippen LogP contribution in [0.2, 0.25) is 0 Å². The number of hydrogen-bond donors (Lipinski definition) is 3. The van der Waals surface area contributed by atoms with Gasteiger partial charge in [0.05, 0.1) is 19.2 Å². The van der Waals surface area contributed by atoms with Crippen LogP contribution in [0.25, 0.3) is 0 Å². The number of methoxy groups -OCH3 is 1. The summed E-state index contributed by atoms with van der Waals surface area (Å²) in [4.78, 5) is 65.4. The highest BCUT2D eigenvalue weighted by Crippen LogP contribution is 2.41. The van der Waals surface area contributed by atoms with E-state index in [0.717, 1.165) is 22.6 Å². The molecule has 2 aromatic carbocycles. The molecule has 11 nitrogen and oxygen atoms in total. The number of anilines is 2. The van der Waals surface area contributed by atoms with E-state index in [2.05, 4.69) is 10.6 Å². The summed E-state index contributed by atoms with van der Waals surface area (Å²) < 4.78 is 10.6. The van der Waals surface area contributed by atoms with Gasteiger partial charge in [-0.25, -0.2) is 14.4 Å². The lowest BCUT2D eigenvalue weighted by Gasteiger charge is -2.30. The van der Waals surface area contributed by atoms with Crippen molar-refractivity contribution in [1.82, 2.24) is 4.90 Å². The van der Waals surface area contributed by atoms with Crippen LogP contribution in [0.4, 0.5) is 15.5 Å². The van der Waals surface area contributed by atoms with Crippen LogP contribution in [0.3, 0.4) is 0 Å². The number of thioether (sulfide) groups is 1. The SMILES string of the molecule is COC(=O)c1c(NC(=O)C(Sc2cccc(NC(=O)/C=C/C(=O)O)c2)c2ccccc2)sc2c1CCN(C(=O)OC(C)(C)C)C2. The second-order valence-electron chi connectivity index (χ2n) is 10.9. The van der Waals surface area contributed by atoms with Gasteiger partial charge in [0.1, 0.15) is 15.9 Å². The molecule has 1 aliphatic heterocycles. The summed E-state index contributed by atoms with van der Waals surface area (Å²) in [5, 5.41) is 13.9. The van der Waals surface area contributed by atoms with Crippen LogP contribution in [-0.2, 0) is 36.8 Å². The number of carboxylic acid groups (broad SMARTS) is 1. The van der Waals surface area contributed by atoms with E-state index in [9.17, 15) is 24.0 Å². The minimum atomic E-state index is -1.24. The van der Waals surface area contributed by atoms with E-state index in [4.69, 9.17) is 14.6 Å². The highest BCUT2D eigenvalue weighted by molar-refractivity contribution is 8.00. The van der Waals surface area contributed by atoms with Gasteiger partial charge in [-0.15, -0.1) is 23.1 Å². The van der Waals surface area contributed by atoms with Gasteiger partial charge < -0.3 is 30.1 Å². The first-order chi connectivity index (χ1) is 21.3. The fourth-order valence-corrected chi connectivity index (χ4v) is 6.82. The molecule has 0 saturated heterocycles. The average molecular weight is 652 g/mol. The standard InChI is InChI=1S/C32H33N3O8S2/c1-32(2,3)43-31(41)35-16-15-22-23(18-35)45-29(26(22)30(40)42-4)34-28(39)27(19-9-6-5-7-10-19)44-21-12-8-11-20(17-21)33-24(36)13-14-25(37)38/h5-14,17,27H,15-16,18H2,1-4H3,(H,33,36)(H,34,39)(H,37,38)/b14-13+. The van der Waals surface area contributed by atoms with Gasteiger partial charge in [0.2, 0.25) is 11.8 Å². The largest absolute Gasteiger partial charge is 0.478 e. The number of carbonyl (C=O) groups excluding carboxylic acids is 4. The predicted molar refractivity (Wildman–Crippen MR) is 172 cm³/mol. The van der Waals surface area contributed by atoms with Gasteiger partial charge in [0.15, 0.2) is 0 Å². The molecule has 3 N–H and O–H groups in total. The molecule has 3 aromatic rings. The number of aliphatic carboxylic acids is 1. The third-order valence-corrected chi connectivity index (χ3v) is 8.79. The van der Waals surface area contributed by atoms with Crippen molar-refractivity contribution in [3.05, 3.63) is 88.3 Å². The molecule has 2 heterocycles. The van der Waals surface area contributed by atoms with Gasteiger partial charge in [0.25, 0.3) is 0 Å². The third-order valence-electron chi connectivity index (χ3n) is 6.41. The first-order valence-electron chi connectivity index (χ1n) is 13.9. The zero-order chi connectivity index (χ0) is 32.7. The van der Waals surface area contributed by atoms with E-state index in [1.165, 1.54) is 30.2 Å². The molecule has 0 saturated carbocycles. The average Bonchev–Trinajstić information content (AvgIpc) is 3.35. The van der Waals surface area contributed by atoms with Crippen molar-refractivity contribution >= 4 is 63.6 Å². The Bertz CT molecular complexity index is 1630. The van der Waals surface area contributed by atoms with Gasteiger partial charge in [-0.1, -0.05) is 36.4 Å². The molecular formula is C32H33N3O8S2. The summed E-state index contributed by atoms with van der Waals surface area (Å²) >= 11 is 2.46. The maximum atomic E-state index is 13.9. The molecule has 45 heavy (non-hydrogen) atoms. The van der Waals surface area contributed by atoms with Crippen LogP contribution in [0, 0.1) is 0 Å². The monoisotopic (exact) mass is 651 g/mol. The number of ether oxygens (including phenoxy) is 2. The minimum Gasteiger partial charge on any atom is -0.478 e. The summed E-state index contributed by atoms with van der Waals surface area (Å²) in [5.74, 6) is -2.83. The number of fused-ring (bicyclic) bond motifs is 1. The third kappa shape index (κ3) is 8.96. The summed E-state index contributed by atoms with van der Waals surface area (Å²) in [6.07, 6.45) is 1.59. The Kier molecular flexibility index (Phi) is 10.7. The highest BCUT2D eigenvalue weighted by Gasteiger charge is 2.33. The predicted octanol–water partition coefficient (Wildman–Crippen LogP) is 5.88. The van der Waals surface area contributed by atoms with Crippen molar-refractivity contribution in [2.75, 3.05) is 24.3 Å². The molecule has 1 unspecified atom stereocenters. The lowest BCUT2D eigenvalue weighted by atomic mass is 10.0. The van der Waals surface area contributed by atoms with Crippen molar-refractivity contribution in [2.45, 2.75) is 49.5 Å². The van der Waals surface area contributed by atoms with Gasteiger partial charge >= 0.3 is 18.0 Å². The molecule has 0 aliphatic carbocycles. The summed E-state index contributed by atoms with van der Waals surface area (Å²) in [6, 6.07) is 15.9. The minimum absolute atomic E-state index is 0.228. The summed E-state index contributed by atoms with van der Waals surface area (Å²) in [7, 11) is 1.28. The van der Waals surface area contributed by atoms with Gasteiger partial charge in [0, 0.05) is 34.2 Å². The van der Waals surface area contributed by atoms with Crippen LogP contribution in [-0.4, -0.2) is 59.1 Å². The van der Waals surface area contributed by atoms with Crippen molar-refractivity contribution in [3.8, 4) is 0 Å². The quantitative estimate of drug-likeness (QED) is 0.146. The molecule has 13 heteroatoms. The van der Waals surface area contributed by atoms with Crippen molar-refractivity contribution in [2.24, 2.45) is 0 Å². The van der Waals surface area contributed by atoms with E-state index in [1.807, 2.05) is 30.3 Å². The fraction of sp³-hybridized carbons (Fsp3) is 0.281. The number of carboxylic acids is 1. The number of amides is 3. The number of nitrogens with one attached hydrogen (secondary N) is 2. The Morgan fingerprint density at radius 2 is 1.76 bits per heavy atom. The zero-order valence-corrected chi connectivity index (χ0v) is 26.8. The first-order valence-corrected chi connectivity index (χ1v) is 15.6. The Hall–Kier alpha value is -4.62. The van der Waals surface area contributed by atoms with Gasteiger partial charge in [-0.3, -0.25) is 9.59 Å². The number of thiophene rings is 1. The van der Waals surface area contributed by atoms with Crippen LogP contribution in [0.15, 0.2) is 71.6 Å². The van der Waals surface area contributed by atoms with Crippen molar-refractivity contribution in [1.29, 1.82) is 0 Å². The van der Waals surface area contributed by atoms with Gasteiger partial charge in [-0.05, 0) is 56.5 Å². The Morgan fingerprint density at radius 1 is 1.02 bits per heavy atom. The van der Waals surface area contributed by atoms with E-state index < -0.39 is 40.7 Å². The molecule has 236 valence electrons. The maximum Gasteiger partial charge on any atom is 0.410 e. The van der Waals surface area contributed by atoms with E-state index in [1.54, 1.807) is 49.9 Å². The van der Waals surface area contributed by atoms with Crippen LogP contribution in [0.1, 0.15) is 52.4 Å². The lowest BCUT2D eigenvalue weighted by molar-refractivity contribution is -0.131. The molecule has 4 rings (SSSR count). The summed E-state index contributed by atoms with van der Waals surface area (Å²) in [6.45, 7) is 5.95. The number of esters is 1. The van der Waals surface area contributed by atoms with E-state index in [0.29, 0.717) is 34.1 Å². The Balaban J connectivity index is 1.60. The molecule has 1 aliphatic rings. The second-order valence-corrected chi connectivity index (χ2v) is 13.2. The molecule has 0 radical (unpaired) electrons. The van der Waals surface area contributed by atoms with E-state index >= 15 is 0 Å². The number of benzene rings is 2. The number of nitrogens with zero attached hydrogens (tertiary/aromatic N) is 1. The Morgan fingerprint density at radius 3 is 2.42 bits per heavy atom. The molecular weight excluding hydrogens is 618 g/mol. The first kappa shape index (κ1) is 33.3.